The number of hydrogen-bond acceptors (Lipinski definition) is 4. The molecule has 1 aromatic carbocycles. The first kappa shape index (κ1) is 11.3. The average Bonchev–Trinajstić information content (AvgIpc) is 2.70. The molecule has 1 heterocycles. The minimum atomic E-state index is -0.295. The Hall–Kier alpha value is -1.81. The summed E-state index contributed by atoms with van der Waals surface area (Å²) in [4.78, 5) is 4.42. The number of aromatic nitrogens is 1. The number of nitrogens with zero attached hydrogens (tertiary/aromatic N) is 1. The number of aliphatic hydroxyl groups is 1. The fourth-order valence-electron chi connectivity index (χ4n) is 2.33. The Kier molecular flexibility index (Phi) is 2.80. The Balaban J connectivity index is 1.82. The second-order valence-corrected chi connectivity index (χ2v) is 4.72. The molecule has 0 radical (unpaired) electrons. The molecule has 0 bridgehead atoms. The number of aliphatic hydroxyl groups excluding tert-OH is 1. The van der Waals surface area contributed by atoms with Gasteiger partial charge in [0, 0.05) is 19.3 Å². The number of aryl methyl sites for hydroxylation is 1. The van der Waals surface area contributed by atoms with Crippen LogP contribution < -0.4 is 0 Å². The first-order chi connectivity index (χ1) is 8.70. The Labute approximate surface area is 105 Å². The van der Waals surface area contributed by atoms with Crippen molar-refractivity contribution in [2.75, 3.05) is 0 Å². The molecular formula is C14H15NO3. The number of aromatic hydroxyl groups is 1. The highest BCUT2D eigenvalue weighted by atomic mass is 16.4. The van der Waals surface area contributed by atoms with E-state index in [1.807, 2.05) is 6.07 Å². The van der Waals surface area contributed by atoms with Crippen LogP contribution in [0.25, 0.3) is 0 Å². The maximum Gasteiger partial charge on any atom is 0.199 e. The molecular weight excluding hydrogens is 230 g/mol. The number of fused-ring (bicyclic) bond motifs is 1. The van der Waals surface area contributed by atoms with Crippen molar-refractivity contribution < 1.29 is 14.6 Å². The standard InChI is InChI=1S/C14H15NO3/c16-10-3-1-2-9(6-10)7-14-15-12-8-11(17)4-5-13(12)18-14/h1-3,6,11,16-17H,4-5,7-8H2. The van der Waals surface area contributed by atoms with Gasteiger partial charge in [0.2, 0.25) is 0 Å². The molecule has 0 saturated heterocycles. The molecule has 4 nitrogen and oxygen atoms in total. The zero-order chi connectivity index (χ0) is 12.5. The van der Waals surface area contributed by atoms with Gasteiger partial charge in [-0.1, -0.05) is 12.1 Å². The summed E-state index contributed by atoms with van der Waals surface area (Å²) in [6, 6.07) is 7.08. The molecule has 1 unspecified atom stereocenters. The summed E-state index contributed by atoms with van der Waals surface area (Å²) in [5, 5.41) is 19.0. The van der Waals surface area contributed by atoms with E-state index >= 15 is 0 Å². The molecule has 1 aliphatic carbocycles. The predicted molar refractivity (Wildman–Crippen MR) is 65.4 cm³/mol. The molecule has 2 N–H and O–H groups in total. The lowest BCUT2D eigenvalue weighted by Gasteiger charge is -2.13. The van der Waals surface area contributed by atoms with Crippen molar-refractivity contribution in [3.8, 4) is 5.75 Å². The quantitative estimate of drug-likeness (QED) is 0.847. The summed E-state index contributed by atoms with van der Waals surface area (Å²) < 4.78 is 5.69. The SMILES string of the molecule is Oc1cccc(Cc2nc3c(o2)CCC(O)C3)c1. The van der Waals surface area contributed by atoms with E-state index in [-0.39, 0.29) is 11.9 Å². The van der Waals surface area contributed by atoms with Crippen LogP contribution >= 0.6 is 0 Å². The fraction of sp³-hybridized carbons (Fsp3) is 0.357. The van der Waals surface area contributed by atoms with Crippen LogP contribution in [0.5, 0.6) is 5.75 Å². The third-order valence-corrected chi connectivity index (χ3v) is 3.22. The molecule has 18 heavy (non-hydrogen) atoms. The van der Waals surface area contributed by atoms with Crippen LogP contribution in [-0.2, 0) is 19.3 Å². The first-order valence-electron chi connectivity index (χ1n) is 6.14. The molecule has 0 fully saturated rings. The summed E-state index contributed by atoms with van der Waals surface area (Å²) in [6.45, 7) is 0. The lowest BCUT2D eigenvalue weighted by molar-refractivity contribution is 0.153. The molecule has 2 aromatic rings. The number of phenolic OH excluding ortho intramolecular Hbond substituents is 1. The van der Waals surface area contributed by atoms with Gasteiger partial charge >= 0.3 is 0 Å². The third-order valence-electron chi connectivity index (χ3n) is 3.22. The molecule has 0 saturated carbocycles. The highest BCUT2D eigenvalue weighted by Gasteiger charge is 2.22. The van der Waals surface area contributed by atoms with Gasteiger partial charge in [0.1, 0.15) is 11.5 Å². The molecule has 1 atom stereocenters. The zero-order valence-corrected chi connectivity index (χ0v) is 9.97. The van der Waals surface area contributed by atoms with Crippen molar-refractivity contribution in [3.63, 3.8) is 0 Å². The van der Waals surface area contributed by atoms with Gasteiger partial charge in [-0.15, -0.1) is 0 Å². The van der Waals surface area contributed by atoms with Gasteiger partial charge in [0.15, 0.2) is 5.89 Å². The normalized spacial score (nSPS) is 18.6. The fourth-order valence-corrected chi connectivity index (χ4v) is 2.33. The Morgan fingerprint density at radius 1 is 1.39 bits per heavy atom. The molecule has 0 spiro atoms. The van der Waals surface area contributed by atoms with Gasteiger partial charge in [-0.05, 0) is 24.1 Å². The predicted octanol–water partition coefficient (Wildman–Crippen LogP) is 1.82. The third kappa shape index (κ3) is 2.24. The van der Waals surface area contributed by atoms with E-state index in [0.29, 0.717) is 18.7 Å². The van der Waals surface area contributed by atoms with Crippen LogP contribution in [0, 0.1) is 0 Å². The number of phenols is 1. The Bertz CT molecular complexity index is 562. The molecule has 0 aliphatic heterocycles. The minimum absolute atomic E-state index is 0.249. The zero-order valence-electron chi connectivity index (χ0n) is 9.97. The van der Waals surface area contributed by atoms with E-state index in [1.54, 1.807) is 18.2 Å². The smallest absolute Gasteiger partial charge is 0.199 e. The van der Waals surface area contributed by atoms with Crippen LogP contribution in [0.15, 0.2) is 28.7 Å². The van der Waals surface area contributed by atoms with E-state index in [2.05, 4.69) is 4.98 Å². The second kappa shape index (κ2) is 4.46. The van der Waals surface area contributed by atoms with Gasteiger partial charge in [0.05, 0.1) is 11.8 Å². The van der Waals surface area contributed by atoms with Crippen molar-refractivity contribution in [2.45, 2.75) is 31.8 Å². The van der Waals surface area contributed by atoms with Gasteiger partial charge in [-0.3, -0.25) is 0 Å². The molecule has 1 aliphatic rings. The topological polar surface area (TPSA) is 66.5 Å². The van der Waals surface area contributed by atoms with Crippen LogP contribution in [0.3, 0.4) is 0 Å². The van der Waals surface area contributed by atoms with Gasteiger partial charge in [-0.2, -0.15) is 0 Å². The van der Waals surface area contributed by atoms with Crippen molar-refractivity contribution in [3.05, 3.63) is 47.2 Å². The van der Waals surface area contributed by atoms with Crippen LogP contribution in [0.2, 0.25) is 0 Å². The van der Waals surface area contributed by atoms with Crippen LogP contribution in [0.4, 0.5) is 0 Å². The monoisotopic (exact) mass is 245 g/mol. The van der Waals surface area contributed by atoms with Crippen molar-refractivity contribution in [1.29, 1.82) is 0 Å². The van der Waals surface area contributed by atoms with E-state index in [1.165, 1.54) is 0 Å². The lowest BCUT2D eigenvalue weighted by atomic mass is 9.99. The minimum Gasteiger partial charge on any atom is -0.508 e. The van der Waals surface area contributed by atoms with Crippen LogP contribution in [0.1, 0.15) is 29.3 Å². The van der Waals surface area contributed by atoms with Crippen molar-refractivity contribution in [1.82, 2.24) is 4.98 Å². The van der Waals surface area contributed by atoms with E-state index < -0.39 is 0 Å². The van der Waals surface area contributed by atoms with Gasteiger partial charge in [0.25, 0.3) is 0 Å². The van der Waals surface area contributed by atoms with E-state index in [4.69, 9.17) is 4.42 Å². The highest BCUT2D eigenvalue weighted by Crippen LogP contribution is 2.23. The number of benzene rings is 1. The lowest BCUT2D eigenvalue weighted by Crippen LogP contribution is -2.17. The highest BCUT2D eigenvalue weighted by molar-refractivity contribution is 5.29. The first-order valence-corrected chi connectivity index (χ1v) is 6.14. The summed E-state index contributed by atoms with van der Waals surface area (Å²) in [6.07, 6.45) is 2.35. The number of rotatable bonds is 2. The Morgan fingerprint density at radius 2 is 2.28 bits per heavy atom. The maximum absolute atomic E-state index is 9.58. The van der Waals surface area contributed by atoms with Crippen molar-refractivity contribution >= 4 is 0 Å². The maximum atomic E-state index is 9.58. The second-order valence-electron chi connectivity index (χ2n) is 4.72. The summed E-state index contributed by atoms with van der Waals surface area (Å²) >= 11 is 0. The summed E-state index contributed by atoms with van der Waals surface area (Å²) in [5.41, 5.74) is 1.85. The molecule has 1 aromatic heterocycles. The molecule has 4 heteroatoms. The molecule has 94 valence electrons. The van der Waals surface area contributed by atoms with E-state index in [9.17, 15) is 10.2 Å². The van der Waals surface area contributed by atoms with Gasteiger partial charge < -0.3 is 14.6 Å². The van der Waals surface area contributed by atoms with E-state index in [0.717, 1.165) is 29.9 Å². The molecule has 3 rings (SSSR count). The largest absolute Gasteiger partial charge is 0.508 e. The number of oxazole rings is 1. The summed E-state index contributed by atoms with van der Waals surface area (Å²) in [7, 11) is 0. The van der Waals surface area contributed by atoms with Gasteiger partial charge in [-0.25, -0.2) is 4.98 Å². The molecule has 0 amide bonds. The summed E-state index contributed by atoms with van der Waals surface area (Å²) in [5.74, 6) is 1.80. The average molecular weight is 245 g/mol. The van der Waals surface area contributed by atoms with Crippen LogP contribution in [-0.4, -0.2) is 21.3 Å². The Morgan fingerprint density at radius 3 is 3.11 bits per heavy atom. The number of hydrogen-bond donors (Lipinski definition) is 2. The van der Waals surface area contributed by atoms with Crippen molar-refractivity contribution in [2.24, 2.45) is 0 Å².